The Bertz CT molecular complexity index is 568. The van der Waals surface area contributed by atoms with Crippen LogP contribution >= 0.6 is 0 Å². The molecule has 0 aromatic rings. The molecule has 1 saturated heterocycles. The number of esters is 1. The van der Waals surface area contributed by atoms with E-state index in [1.54, 1.807) is 0 Å². The van der Waals surface area contributed by atoms with E-state index in [-0.39, 0.29) is 29.9 Å². The summed E-state index contributed by atoms with van der Waals surface area (Å²) in [4.78, 5) is 34.7. The first-order chi connectivity index (χ1) is 10.8. The van der Waals surface area contributed by atoms with Crippen LogP contribution in [0, 0.1) is 5.92 Å². The van der Waals surface area contributed by atoms with E-state index in [1.165, 1.54) is 0 Å². The fourth-order valence-corrected chi connectivity index (χ4v) is 4.79. The monoisotopic (exact) mass is 346 g/mol. The van der Waals surface area contributed by atoms with Gasteiger partial charge in [-0.15, -0.1) is 0 Å². The number of ether oxygens (including phenoxy) is 1. The van der Waals surface area contributed by atoms with Gasteiger partial charge in [0.1, 0.15) is 0 Å². The van der Waals surface area contributed by atoms with Crippen LogP contribution in [0.5, 0.6) is 0 Å². The second kappa shape index (κ2) is 7.76. The Labute approximate surface area is 135 Å². The highest BCUT2D eigenvalue weighted by Crippen LogP contribution is 2.21. The maximum Gasteiger partial charge on any atom is 0.321 e. The summed E-state index contributed by atoms with van der Waals surface area (Å²) in [6.45, 7) is -0.545. The molecule has 0 unspecified atom stereocenters. The van der Waals surface area contributed by atoms with Gasteiger partial charge in [-0.25, -0.2) is 13.2 Å². The lowest BCUT2D eigenvalue weighted by Gasteiger charge is -2.12. The van der Waals surface area contributed by atoms with Gasteiger partial charge in [-0.3, -0.25) is 14.9 Å². The van der Waals surface area contributed by atoms with Crippen LogP contribution in [-0.2, 0) is 24.2 Å². The molecule has 1 atom stereocenters. The summed E-state index contributed by atoms with van der Waals surface area (Å²) in [7, 11) is -3.04. The highest BCUT2D eigenvalue weighted by atomic mass is 32.2. The standard InChI is InChI=1S/C14H22N2O6S/c17-12(16-14(19)15-11-3-1-2-4-11)8-22-13(18)7-10-5-6-23(20,21)9-10/h10-11H,1-9H2,(H2,15,16,17,19)/t10-/m0/s1. The molecule has 1 heterocycles. The molecule has 23 heavy (non-hydrogen) atoms. The van der Waals surface area contributed by atoms with E-state index < -0.39 is 34.4 Å². The van der Waals surface area contributed by atoms with Crippen LogP contribution in [0.1, 0.15) is 38.5 Å². The first-order valence-corrected chi connectivity index (χ1v) is 9.62. The summed E-state index contributed by atoms with van der Waals surface area (Å²) in [5.41, 5.74) is 0. The number of hydrogen-bond donors (Lipinski definition) is 2. The molecule has 2 rings (SSSR count). The minimum absolute atomic E-state index is 0.0158. The zero-order valence-electron chi connectivity index (χ0n) is 12.9. The molecule has 2 N–H and O–H groups in total. The lowest BCUT2D eigenvalue weighted by molar-refractivity contribution is -0.149. The second-order valence-corrected chi connectivity index (χ2v) is 8.37. The summed E-state index contributed by atoms with van der Waals surface area (Å²) in [6, 6.07) is -0.491. The lowest BCUT2D eigenvalue weighted by atomic mass is 10.1. The molecular formula is C14H22N2O6S. The molecule has 8 nitrogen and oxygen atoms in total. The number of imide groups is 1. The molecule has 1 saturated carbocycles. The van der Waals surface area contributed by atoms with Crippen LogP contribution in [-0.4, -0.2) is 50.5 Å². The molecule has 1 aliphatic heterocycles. The van der Waals surface area contributed by atoms with E-state index >= 15 is 0 Å². The molecular weight excluding hydrogens is 324 g/mol. The minimum Gasteiger partial charge on any atom is -0.456 e. The molecule has 2 fully saturated rings. The zero-order chi connectivity index (χ0) is 16.9. The van der Waals surface area contributed by atoms with Gasteiger partial charge in [-0.2, -0.15) is 0 Å². The number of hydrogen-bond acceptors (Lipinski definition) is 6. The number of urea groups is 1. The Morgan fingerprint density at radius 3 is 2.39 bits per heavy atom. The van der Waals surface area contributed by atoms with Crippen LogP contribution in [0.15, 0.2) is 0 Å². The summed E-state index contributed by atoms with van der Waals surface area (Å²) in [5.74, 6) is -1.50. The third-order valence-corrected chi connectivity index (χ3v) is 5.93. The number of carbonyl (C=O) groups is 3. The van der Waals surface area contributed by atoms with Crippen molar-refractivity contribution in [3.05, 3.63) is 0 Å². The molecule has 0 spiro atoms. The van der Waals surface area contributed by atoms with E-state index in [0.717, 1.165) is 25.7 Å². The van der Waals surface area contributed by atoms with Crippen molar-refractivity contribution in [2.75, 3.05) is 18.1 Å². The quantitative estimate of drug-likeness (QED) is 0.683. The third kappa shape index (κ3) is 6.17. The van der Waals surface area contributed by atoms with Gasteiger partial charge in [0, 0.05) is 12.5 Å². The maximum atomic E-state index is 11.6. The first kappa shape index (κ1) is 17.7. The molecule has 0 radical (unpaired) electrons. The molecule has 3 amide bonds. The predicted octanol–water partition coefficient (Wildman–Crippen LogP) is 0.123. The van der Waals surface area contributed by atoms with Crippen LogP contribution in [0.4, 0.5) is 4.79 Å². The summed E-state index contributed by atoms with van der Waals surface area (Å²) in [5, 5.41) is 4.79. The smallest absolute Gasteiger partial charge is 0.321 e. The molecule has 2 aliphatic rings. The highest BCUT2D eigenvalue weighted by molar-refractivity contribution is 7.91. The largest absolute Gasteiger partial charge is 0.456 e. The number of rotatable bonds is 5. The van der Waals surface area contributed by atoms with Gasteiger partial charge in [-0.1, -0.05) is 12.8 Å². The molecule has 9 heteroatoms. The van der Waals surface area contributed by atoms with Crippen molar-refractivity contribution in [2.24, 2.45) is 5.92 Å². The number of sulfone groups is 1. The molecule has 1 aliphatic carbocycles. The number of carbonyl (C=O) groups excluding carboxylic acids is 3. The van der Waals surface area contributed by atoms with Gasteiger partial charge in [-0.05, 0) is 25.2 Å². The van der Waals surface area contributed by atoms with Crippen LogP contribution in [0.2, 0.25) is 0 Å². The average Bonchev–Trinajstić information content (AvgIpc) is 3.06. The molecule has 130 valence electrons. The minimum atomic E-state index is -3.04. The van der Waals surface area contributed by atoms with E-state index in [9.17, 15) is 22.8 Å². The topological polar surface area (TPSA) is 119 Å². The Morgan fingerprint density at radius 1 is 1.09 bits per heavy atom. The van der Waals surface area contributed by atoms with Gasteiger partial charge in [0.2, 0.25) is 0 Å². The van der Waals surface area contributed by atoms with Gasteiger partial charge in [0.25, 0.3) is 5.91 Å². The van der Waals surface area contributed by atoms with Crippen molar-refractivity contribution in [1.29, 1.82) is 0 Å². The molecule has 0 aromatic carbocycles. The normalized spacial score (nSPS) is 23.4. The van der Waals surface area contributed by atoms with E-state index in [4.69, 9.17) is 4.74 Å². The van der Waals surface area contributed by atoms with Crippen LogP contribution in [0.3, 0.4) is 0 Å². The van der Waals surface area contributed by atoms with Crippen molar-refractivity contribution < 1.29 is 27.5 Å². The van der Waals surface area contributed by atoms with Gasteiger partial charge < -0.3 is 10.1 Å². The number of nitrogens with one attached hydrogen (secondary N) is 2. The summed E-state index contributed by atoms with van der Waals surface area (Å²) < 4.78 is 27.4. The van der Waals surface area contributed by atoms with Gasteiger partial charge >= 0.3 is 12.0 Å². The van der Waals surface area contributed by atoms with Gasteiger partial charge in [0.05, 0.1) is 11.5 Å². The Balaban J connectivity index is 1.61. The van der Waals surface area contributed by atoms with Crippen LogP contribution in [0.25, 0.3) is 0 Å². The van der Waals surface area contributed by atoms with E-state index in [1.807, 2.05) is 0 Å². The SMILES string of the molecule is O=C(COC(=O)C[C@@H]1CCS(=O)(=O)C1)NC(=O)NC1CCCC1. The Hall–Kier alpha value is -1.64. The second-order valence-electron chi connectivity index (χ2n) is 6.14. The maximum absolute atomic E-state index is 11.6. The van der Waals surface area contributed by atoms with E-state index in [0.29, 0.717) is 6.42 Å². The fraction of sp³-hybridized carbons (Fsp3) is 0.786. The zero-order valence-corrected chi connectivity index (χ0v) is 13.7. The highest BCUT2D eigenvalue weighted by Gasteiger charge is 2.30. The van der Waals surface area contributed by atoms with Crippen molar-refractivity contribution in [3.8, 4) is 0 Å². The average molecular weight is 346 g/mol. The fourth-order valence-electron chi connectivity index (χ4n) is 2.93. The Kier molecular flexibility index (Phi) is 5.97. The first-order valence-electron chi connectivity index (χ1n) is 7.80. The third-order valence-electron chi connectivity index (χ3n) is 4.09. The summed E-state index contributed by atoms with van der Waals surface area (Å²) in [6.07, 6.45) is 4.34. The Morgan fingerprint density at radius 2 is 1.78 bits per heavy atom. The van der Waals surface area contributed by atoms with Crippen molar-refractivity contribution in [1.82, 2.24) is 10.6 Å². The summed E-state index contributed by atoms with van der Waals surface area (Å²) >= 11 is 0. The van der Waals surface area contributed by atoms with Gasteiger partial charge in [0.15, 0.2) is 16.4 Å². The van der Waals surface area contributed by atoms with E-state index in [2.05, 4.69) is 10.6 Å². The number of amides is 3. The molecule has 0 aromatic heterocycles. The van der Waals surface area contributed by atoms with Crippen molar-refractivity contribution in [3.63, 3.8) is 0 Å². The van der Waals surface area contributed by atoms with Crippen molar-refractivity contribution >= 4 is 27.7 Å². The van der Waals surface area contributed by atoms with Crippen molar-refractivity contribution in [2.45, 2.75) is 44.6 Å². The molecule has 0 bridgehead atoms. The van der Waals surface area contributed by atoms with Crippen LogP contribution < -0.4 is 10.6 Å². The lowest BCUT2D eigenvalue weighted by Crippen LogP contribution is -2.45. The predicted molar refractivity (Wildman–Crippen MR) is 81.3 cm³/mol.